The fourth-order valence-electron chi connectivity index (χ4n) is 2.02. The van der Waals surface area contributed by atoms with E-state index in [0.29, 0.717) is 26.2 Å². The first-order valence-electron chi connectivity index (χ1n) is 6.59. The lowest BCUT2D eigenvalue weighted by Gasteiger charge is -2.12. The third-order valence-corrected chi connectivity index (χ3v) is 3.99. The molecule has 0 unspecified atom stereocenters. The SMILES string of the molecule is COc1cc(I)c(C(=O)NCc2cc(F)cc(F)c2)cc1OC. The summed E-state index contributed by atoms with van der Waals surface area (Å²) in [6.07, 6.45) is 0. The van der Waals surface area contributed by atoms with Crippen molar-refractivity contribution >= 4 is 28.5 Å². The summed E-state index contributed by atoms with van der Waals surface area (Å²) < 4.78 is 37.3. The van der Waals surface area contributed by atoms with Crippen LogP contribution in [-0.4, -0.2) is 20.1 Å². The van der Waals surface area contributed by atoms with E-state index in [-0.39, 0.29) is 12.5 Å². The Morgan fingerprint density at radius 2 is 1.61 bits per heavy atom. The summed E-state index contributed by atoms with van der Waals surface area (Å²) in [5.41, 5.74) is 0.728. The Kier molecular flexibility index (Phi) is 5.75. The molecule has 0 saturated heterocycles. The molecule has 2 aromatic rings. The summed E-state index contributed by atoms with van der Waals surface area (Å²) in [6, 6.07) is 6.35. The number of ether oxygens (including phenoxy) is 2. The summed E-state index contributed by atoms with van der Waals surface area (Å²) >= 11 is 2.01. The highest BCUT2D eigenvalue weighted by Crippen LogP contribution is 2.31. The second-order valence-corrected chi connectivity index (χ2v) is 5.81. The fraction of sp³-hybridized carbons (Fsp3) is 0.188. The van der Waals surface area contributed by atoms with Gasteiger partial charge in [0.2, 0.25) is 0 Å². The molecule has 0 aromatic heterocycles. The first-order chi connectivity index (χ1) is 10.9. The molecule has 0 bridgehead atoms. The monoisotopic (exact) mass is 433 g/mol. The predicted molar refractivity (Wildman–Crippen MR) is 89.8 cm³/mol. The van der Waals surface area contributed by atoms with Gasteiger partial charge in [-0.05, 0) is 52.4 Å². The maximum atomic E-state index is 13.1. The van der Waals surface area contributed by atoms with E-state index in [2.05, 4.69) is 5.32 Å². The minimum absolute atomic E-state index is 0.0118. The number of rotatable bonds is 5. The van der Waals surface area contributed by atoms with Crippen molar-refractivity contribution in [1.82, 2.24) is 5.32 Å². The highest BCUT2D eigenvalue weighted by atomic mass is 127. The second kappa shape index (κ2) is 7.58. The Morgan fingerprint density at radius 1 is 1.04 bits per heavy atom. The van der Waals surface area contributed by atoms with E-state index in [9.17, 15) is 13.6 Å². The van der Waals surface area contributed by atoms with Crippen LogP contribution in [0.3, 0.4) is 0 Å². The summed E-state index contributed by atoms with van der Waals surface area (Å²) in [5.74, 6) is -0.805. The van der Waals surface area contributed by atoms with E-state index in [1.165, 1.54) is 26.4 Å². The quantitative estimate of drug-likeness (QED) is 0.735. The number of amides is 1. The number of hydrogen-bond donors (Lipinski definition) is 1. The van der Waals surface area contributed by atoms with Crippen molar-refractivity contribution in [3.05, 3.63) is 56.7 Å². The van der Waals surface area contributed by atoms with Crippen LogP contribution < -0.4 is 14.8 Å². The number of carbonyl (C=O) groups excluding carboxylic acids is 1. The molecule has 0 atom stereocenters. The van der Waals surface area contributed by atoms with Crippen molar-refractivity contribution in [2.75, 3.05) is 14.2 Å². The second-order valence-electron chi connectivity index (χ2n) is 4.65. The van der Waals surface area contributed by atoms with Crippen LogP contribution >= 0.6 is 22.6 Å². The van der Waals surface area contributed by atoms with Gasteiger partial charge in [0.25, 0.3) is 5.91 Å². The normalized spacial score (nSPS) is 10.3. The van der Waals surface area contributed by atoms with Crippen LogP contribution in [0.1, 0.15) is 15.9 Å². The van der Waals surface area contributed by atoms with Gasteiger partial charge in [0.1, 0.15) is 11.6 Å². The largest absolute Gasteiger partial charge is 0.493 e. The zero-order chi connectivity index (χ0) is 17.0. The van der Waals surface area contributed by atoms with Crippen molar-refractivity contribution in [3.8, 4) is 11.5 Å². The molecule has 4 nitrogen and oxygen atoms in total. The Bertz CT molecular complexity index is 717. The van der Waals surface area contributed by atoms with Gasteiger partial charge >= 0.3 is 0 Å². The number of halogens is 3. The third-order valence-electron chi connectivity index (χ3n) is 3.09. The zero-order valence-electron chi connectivity index (χ0n) is 12.5. The van der Waals surface area contributed by atoms with Crippen LogP contribution in [-0.2, 0) is 6.54 Å². The standard InChI is InChI=1S/C16H14F2INO3/c1-22-14-6-12(13(19)7-15(14)23-2)16(21)20-8-9-3-10(17)5-11(18)4-9/h3-7H,8H2,1-2H3,(H,20,21). The Balaban J connectivity index is 2.17. The van der Waals surface area contributed by atoms with Gasteiger partial charge in [0, 0.05) is 16.2 Å². The van der Waals surface area contributed by atoms with Gasteiger partial charge < -0.3 is 14.8 Å². The first-order valence-corrected chi connectivity index (χ1v) is 7.67. The van der Waals surface area contributed by atoms with Gasteiger partial charge in [0.05, 0.1) is 19.8 Å². The van der Waals surface area contributed by atoms with Gasteiger partial charge in [-0.2, -0.15) is 0 Å². The molecule has 2 aromatic carbocycles. The number of nitrogens with one attached hydrogen (secondary N) is 1. The van der Waals surface area contributed by atoms with Gasteiger partial charge in [-0.15, -0.1) is 0 Å². The summed E-state index contributed by atoms with van der Waals surface area (Å²) in [6.45, 7) is 0.0118. The minimum atomic E-state index is -0.685. The topological polar surface area (TPSA) is 47.6 Å². The van der Waals surface area contributed by atoms with Gasteiger partial charge in [-0.1, -0.05) is 0 Å². The third kappa shape index (κ3) is 4.31. The summed E-state index contributed by atoms with van der Waals surface area (Å²) in [5, 5.41) is 2.63. The van der Waals surface area contributed by atoms with E-state index in [4.69, 9.17) is 9.47 Å². The Morgan fingerprint density at radius 3 is 2.17 bits per heavy atom. The molecule has 0 spiro atoms. The van der Waals surface area contributed by atoms with Crippen LogP contribution in [0.2, 0.25) is 0 Å². The molecule has 0 fully saturated rings. The lowest BCUT2D eigenvalue weighted by atomic mass is 10.1. The zero-order valence-corrected chi connectivity index (χ0v) is 14.6. The molecule has 1 amide bonds. The highest BCUT2D eigenvalue weighted by Gasteiger charge is 2.15. The van der Waals surface area contributed by atoms with Crippen molar-refractivity contribution in [2.45, 2.75) is 6.54 Å². The molecule has 0 saturated carbocycles. The smallest absolute Gasteiger partial charge is 0.252 e. The van der Waals surface area contributed by atoms with Gasteiger partial charge in [0.15, 0.2) is 11.5 Å². The van der Waals surface area contributed by atoms with E-state index < -0.39 is 11.6 Å². The lowest BCUT2D eigenvalue weighted by Crippen LogP contribution is -2.24. The Labute approximate surface area is 145 Å². The molecule has 2 rings (SSSR count). The van der Waals surface area contributed by atoms with E-state index in [0.717, 1.165) is 6.07 Å². The van der Waals surface area contributed by atoms with Crippen LogP contribution in [0.25, 0.3) is 0 Å². The van der Waals surface area contributed by atoms with Gasteiger partial charge in [-0.25, -0.2) is 8.78 Å². The minimum Gasteiger partial charge on any atom is -0.493 e. The maximum Gasteiger partial charge on any atom is 0.252 e. The molecule has 1 N–H and O–H groups in total. The molecule has 0 radical (unpaired) electrons. The Hall–Kier alpha value is -1.90. The van der Waals surface area contributed by atoms with Crippen LogP contribution in [0, 0.1) is 15.2 Å². The van der Waals surface area contributed by atoms with E-state index >= 15 is 0 Å². The van der Waals surface area contributed by atoms with Crippen LogP contribution in [0.5, 0.6) is 11.5 Å². The van der Waals surface area contributed by atoms with E-state index in [1.54, 1.807) is 12.1 Å². The number of carbonyl (C=O) groups is 1. The average Bonchev–Trinajstić information content (AvgIpc) is 2.51. The molecule has 122 valence electrons. The number of methoxy groups -OCH3 is 2. The fourth-order valence-corrected chi connectivity index (χ4v) is 2.70. The number of hydrogen-bond acceptors (Lipinski definition) is 3. The molecular formula is C16H14F2INO3. The van der Waals surface area contributed by atoms with Crippen molar-refractivity contribution in [1.29, 1.82) is 0 Å². The first kappa shape index (κ1) is 17.5. The van der Waals surface area contributed by atoms with Crippen molar-refractivity contribution in [2.24, 2.45) is 0 Å². The van der Waals surface area contributed by atoms with Crippen molar-refractivity contribution in [3.63, 3.8) is 0 Å². The molecular weight excluding hydrogens is 419 g/mol. The van der Waals surface area contributed by atoms with Crippen LogP contribution in [0.15, 0.2) is 30.3 Å². The molecule has 0 aliphatic heterocycles. The highest BCUT2D eigenvalue weighted by molar-refractivity contribution is 14.1. The molecule has 23 heavy (non-hydrogen) atoms. The predicted octanol–water partition coefficient (Wildman–Crippen LogP) is 3.52. The molecule has 0 aliphatic carbocycles. The number of benzene rings is 2. The van der Waals surface area contributed by atoms with Crippen molar-refractivity contribution < 1.29 is 23.0 Å². The van der Waals surface area contributed by atoms with E-state index in [1.807, 2.05) is 22.6 Å². The average molecular weight is 433 g/mol. The summed E-state index contributed by atoms with van der Waals surface area (Å²) in [4.78, 5) is 12.3. The molecule has 0 aliphatic rings. The summed E-state index contributed by atoms with van der Waals surface area (Å²) in [7, 11) is 2.98. The maximum absolute atomic E-state index is 13.1. The lowest BCUT2D eigenvalue weighted by molar-refractivity contribution is 0.0949. The van der Waals surface area contributed by atoms with Crippen LogP contribution in [0.4, 0.5) is 8.78 Å². The molecule has 7 heteroatoms. The molecule has 0 heterocycles. The van der Waals surface area contributed by atoms with Gasteiger partial charge in [-0.3, -0.25) is 4.79 Å².